The summed E-state index contributed by atoms with van der Waals surface area (Å²) in [4.78, 5) is 27.6. The van der Waals surface area contributed by atoms with Gasteiger partial charge in [0, 0.05) is 25.6 Å². The topological polar surface area (TPSA) is 77.5 Å². The van der Waals surface area contributed by atoms with E-state index in [0.29, 0.717) is 0 Å². The number of esters is 2. The van der Waals surface area contributed by atoms with E-state index in [2.05, 4.69) is 16.4 Å². The molecule has 1 aliphatic heterocycles. The highest BCUT2D eigenvalue weighted by Gasteiger charge is 2.24. The molecule has 0 aliphatic carbocycles. The first-order valence-corrected chi connectivity index (χ1v) is 11.0. The molecule has 8 heteroatoms. The summed E-state index contributed by atoms with van der Waals surface area (Å²) in [5.41, 5.74) is 3.16. The first-order chi connectivity index (χ1) is 14.0. The van der Waals surface area contributed by atoms with E-state index in [1.165, 1.54) is 18.5 Å². The lowest BCUT2D eigenvalue weighted by atomic mass is 9.94. The van der Waals surface area contributed by atoms with E-state index in [0.717, 1.165) is 39.7 Å². The highest BCUT2D eigenvalue weighted by Crippen LogP contribution is 2.38. The molecule has 0 radical (unpaired) electrons. The number of carbonyl (C=O) groups excluding carboxylic acids is 2. The number of hydrogen-bond acceptors (Lipinski definition) is 8. The highest BCUT2D eigenvalue weighted by molar-refractivity contribution is 8.01. The fraction of sp³-hybridized carbons (Fsp3) is 0.286. The van der Waals surface area contributed by atoms with Gasteiger partial charge in [0.05, 0.1) is 10.2 Å². The Balaban J connectivity index is 1.58. The second-order valence-corrected chi connectivity index (χ2v) is 9.00. The van der Waals surface area contributed by atoms with E-state index in [1.54, 1.807) is 23.1 Å². The molecule has 0 amide bonds. The van der Waals surface area contributed by atoms with Crippen LogP contribution in [0.4, 0.5) is 0 Å². The molecular formula is C21H20N2O4S2. The number of carbonyl (C=O) groups is 2. The Hall–Kier alpha value is -2.42. The predicted octanol–water partition coefficient (Wildman–Crippen LogP) is 4.13. The van der Waals surface area contributed by atoms with Crippen LogP contribution in [0.1, 0.15) is 31.0 Å². The van der Waals surface area contributed by atoms with Crippen molar-refractivity contribution in [3.05, 3.63) is 47.5 Å². The number of ether oxygens (including phenoxy) is 2. The maximum atomic E-state index is 11.5. The SMILES string of the molecule is CC(=O)Oc1cc2c(cc1OC(C)=O)C(CSc1nc3ccccc3s1)NCC2. The Morgan fingerprint density at radius 1 is 1.17 bits per heavy atom. The molecule has 2 aromatic carbocycles. The molecule has 3 aromatic rings. The van der Waals surface area contributed by atoms with Gasteiger partial charge in [-0.25, -0.2) is 4.98 Å². The molecule has 1 aliphatic rings. The Bertz CT molecular complexity index is 1050. The number of thiazole rings is 1. The van der Waals surface area contributed by atoms with Crippen LogP contribution in [0.25, 0.3) is 10.2 Å². The standard InChI is InChI=1S/C21H20N2O4S2/c1-12(24)26-18-9-14-7-8-22-17(15(14)10-19(18)27-13(2)25)11-28-21-23-16-5-3-4-6-20(16)29-21/h3-6,9-10,17,22H,7-8,11H2,1-2H3. The molecule has 0 saturated carbocycles. The molecule has 0 fully saturated rings. The molecular weight excluding hydrogens is 408 g/mol. The average molecular weight is 429 g/mol. The minimum atomic E-state index is -0.456. The van der Waals surface area contributed by atoms with E-state index >= 15 is 0 Å². The van der Waals surface area contributed by atoms with Crippen molar-refractivity contribution in [1.29, 1.82) is 0 Å². The molecule has 1 N–H and O–H groups in total. The van der Waals surface area contributed by atoms with E-state index in [-0.39, 0.29) is 17.5 Å². The third-order valence-electron chi connectivity index (χ3n) is 4.52. The summed E-state index contributed by atoms with van der Waals surface area (Å²) in [5.74, 6) is 0.438. The largest absolute Gasteiger partial charge is 0.423 e. The van der Waals surface area contributed by atoms with Crippen LogP contribution in [-0.4, -0.2) is 29.2 Å². The van der Waals surface area contributed by atoms with Crippen LogP contribution in [-0.2, 0) is 16.0 Å². The van der Waals surface area contributed by atoms with Gasteiger partial charge in [-0.05, 0) is 48.4 Å². The molecule has 29 heavy (non-hydrogen) atoms. The second kappa shape index (κ2) is 8.52. The first kappa shape index (κ1) is 19.9. The maximum Gasteiger partial charge on any atom is 0.308 e. The van der Waals surface area contributed by atoms with Gasteiger partial charge in [0.1, 0.15) is 0 Å². The Kier molecular flexibility index (Phi) is 5.84. The molecule has 1 aromatic heterocycles. The number of hydrogen-bond donors (Lipinski definition) is 1. The number of thioether (sulfide) groups is 1. The van der Waals surface area contributed by atoms with Crippen molar-refractivity contribution < 1.29 is 19.1 Å². The van der Waals surface area contributed by atoms with Gasteiger partial charge >= 0.3 is 11.9 Å². The van der Waals surface area contributed by atoms with Crippen molar-refractivity contribution in [3.63, 3.8) is 0 Å². The van der Waals surface area contributed by atoms with Crippen LogP contribution >= 0.6 is 23.1 Å². The average Bonchev–Trinajstić information content (AvgIpc) is 3.09. The summed E-state index contributed by atoms with van der Waals surface area (Å²) in [6, 6.07) is 11.8. The Morgan fingerprint density at radius 2 is 1.90 bits per heavy atom. The monoisotopic (exact) mass is 428 g/mol. The van der Waals surface area contributed by atoms with Crippen LogP contribution in [0, 0.1) is 0 Å². The van der Waals surface area contributed by atoms with Gasteiger partial charge in [-0.3, -0.25) is 9.59 Å². The van der Waals surface area contributed by atoms with Gasteiger partial charge in [0.15, 0.2) is 15.8 Å². The summed E-state index contributed by atoms with van der Waals surface area (Å²) in [5, 5.41) is 3.53. The zero-order chi connectivity index (χ0) is 20.4. The van der Waals surface area contributed by atoms with Crippen LogP contribution in [0.5, 0.6) is 11.5 Å². The van der Waals surface area contributed by atoms with Crippen molar-refractivity contribution >= 4 is 45.3 Å². The van der Waals surface area contributed by atoms with Gasteiger partial charge in [0.2, 0.25) is 0 Å². The molecule has 0 bridgehead atoms. The third kappa shape index (κ3) is 4.60. The molecule has 4 rings (SSSR count). The summed E-state index contributed by atoms with van der Waals surface area (Å²) in [6.07, 6.45) is 0.812. The van der Waals surface area contributed by atoms with E-state index in [9.17, 15) is 9.59 Å². The maximum absolute atomic E-state index is 11.5. The molecule has 150 valence electrons. The molecule has 2 heterocycles. The Labute approximate surface area is 176 Å². The normalized spacial score (nSPS) is 15.7. The lowest BCUT2D eigenvalue weighted by Crippen LogP contribution is -2.31. The summed E-state index contributed by atoms with van der Waals surface area (Å²) in [7, 11) is 0. The van der Waals surface area contributed by atoms with E-state index < -0.39 is 11.9 Å². The highest BCUT2D eigenvalue weighted by atomic mass is 32.2. The smallest absolute Gasteiger partial charge is 0.308 e. The van der Waals surface area contributed by atoms with Gasteiger partial charge in [-0.15, -0.1) is 11.3 Å². The van der Waals surface area contributed by atoms with Crippen LogP contribution < -0.4 is 14.8 Å². The van der Waals surface area contributed by atoms with Crippen LogP contribution in [0.3, 0.4) is 0 Å². The second-order valence-electron chi connectivity index (χ2n) is 6.70. The Morgan fingerprint density at radius 3 is 2.62 bits per heavy atom. The molecule has 0 spiro atoms. The lowest BCUT2D eigenvalue weighted by Gasteiger charge is -2.27. The number of benzene rings is 2. The van der Waals surface area contributed by atoms with Crippen LogP contribution in [0.15, 0.2) is 40.7 Å². The van der Waals surface area contributed by atoms with Crippen LogP contribution in [0.2, 0.25) is 0 Å². The number of para-hydroxylation sites is 1. The van der Waals surface area contributed by atoms with Crippen molar-refractivity contribution in [2.24, 2.45) is 0 Å². The zero-order valence-electron chi connectivity index (χ0n) is 16.1. The molecule has 1 unspecified atom stereocenters. The summed E-state index contributed by atoms with van der Waals surface area (Å²) >= 11 is 3.39. The van der Waals surface area contributed by atoms with E-state index in [4.69, 9.17) is 9.47 Å². The van der Waals surface area contributed by atoms with Gasteiger partial charge in [0.25, 0.3) is 0 Å². The molecule has 1 atom stereocenters. The fourth-order valence-corrected chi connectivity index (χ4v) is 5.51. The predicted molar refractivity (Wildman–Crippen MR) is 114 cm³/mol. The van der Waals surface area contributed by atoms with Crippen molar-refractivity contribution in [2.75, 3.05) is 12.3 Å². The van der Waals surface area contributed by atoms with Gasteiger partial charge in [-0.1, -0.05) is 23.9 Å². The minimum absolute atomic E-state index is 0.0800. The fourth-order valence-electron chi connectivity index (χ4n) is 3.34. The number of nitrogens with one attached hydrogen (secondary N) is 1. The zero-order valence-corrected chi connectivity index (χ0v) is 17.7. The molecule has 0 saturated heterocycles. The third-order valence-corrected chi connectivity index (χ3v) is 6.79. The van der Waals surface area contributed by atoms with E-state index in [1.807, 2.05) is 30.3 Å². The van der Waals surface area contributed by atoms with Crippen molar-refractivity contribution in [1.82, 2.24) is 10.3 Å². The quantitative estimate of drug-likeness (QED) is 0.372. The summed E-state index contributed by atoms with van der Waals surface area (Å²) in [6.45, 7) is 3.48. The number of aromatic nitrogens is 1. The number of nitrogens with zero attached hydrogens (tertiary/aromatic N) is 1. The van der Waals surface area contributed by atoms with Crippen molar-refractivity contribution in [2.45, 2.75) is 30.6 Å². The van der Waals surface area contributed by atoms with Crippen molar-refractivity contribution in [3.8, 4) is 11.5 Å². The lowest BCUT2D eigenvalue weighted by molar-refractivity contribution is -0.134. The number of rotatable bonds is 5. The summed E-state index contributed by atoms with van der Waals surface area (Å²) < 4.78 is 12.8. The van der Waals surface area contributed by atoms with Gasteiger partial charge in [-0.2, -0.15) is 0 Å². The first-order valence-electron chi connectivity index (χ1n) is 9.25. The molecule has 6 nitrogen and oxygen atoms in total. The van der Waals surface area contributed by atoms with Gasteiger partial charge < -0.3 is 14.8 Å². The minimum Gasteiger partial charge on any atom is -0.423 e. The number of fused-ring (bicyclic) bond motifs is 2.